The first-order chi connectivity index (χ1) is 8.92. The Morgan fingerprint density at radius 3 is 2.00 bits per heavy atom. The van der Waals surface area contributed by atoms with Crippen molar-refractivity contribution in [2.45, 2.75) is 29.5 Å². The molecule has 1 aromatic rings. The standard InChI is InChI=1S/C15H14O2S/c1-2-4-7-6(3-1)12-10-8-5-9-11(10)13(7)17-15(9)18-14(8)16-12/h1-4,8-15H,5H2. The maximum atomic E-state index is 6.39. The van der Waals surface area contributed by atoms with Gasteiger partial charge in [0.15, 0.2) is 0 Å². The van der Waals surface area contributed by atoms with Crippen LogP contribution in [-0.4, -0.2) is 10.9 Å². The molecular formula is C15H14O2S. The molecule has 5 aliphatic rings. The lowest BCUT2D eigenvalue weighted by Gasteiger charge is -2.35. The summed E-state index contributed by atoms with van der Waals surface area (Å²) in [6.45, 7) is 0. The molecule has 18 heavy (non-hydrogen) atoms. The van der Waals surface area contributed by atoms with Gasteiger partial charge in [0.25, 0.3) is 0 Å². The van der Waals surface area contributed by atoms with Crippen molar-refractivity contribution in [1.29, 1.82) is 0 Å². The summed E-state index contributed by atoms with van der Waals surface area (Å²) in [4.78, 5) is 0. The summed E-state index contributed by atoms with van der Waals surface area (Å²) in [6, 6.07) is 8.81. The molecule has 3 saturated heterocycles. The van der Waals surface area contributed by atoms with Crippen LogP contribution in [0.5, 0.6) is 0 Å². The Hall–Kier alpha value is -0.510. The van der Waals surface area contributed by atoms with E-state index in [-0.39, 0.29) is 0 Å². The molecular weight excluding hydrogens is 244 g/mol. The van der Waals surface area contributed by atoms with Gasteiger partial charge in [0, 0.05) is 23.7 Å². The molecule has 8 atom stereocenters. The molecule has 0 amide bonds. The van der Waals surface area contributed by atoms with E-state index >= 15 is 0 Å². The molecule has 92 valence electrons. The Balaban J connectivity index is 1.68. The fraction of sp³-hybridized carbons (Fsp3) is 0.600. The smallest absolute Gasteiger partial charge is 0.109 e. The van der Waals surface area contributed by atoms with Gasteiger partial charge in [-0.1, -0.05) is 36.0 Å². The quantitative estimate of drug-likeness (QED) is 0.712. The number of rotatable bonds is 0. The molecule has 3 aliphatic heterocycles. The van der Waals surface area contributed by atoms with Gasteiger partial charge in [-0.15, -0.1) is 0 Å². The molecule has 1 aromatic carbocycles. The Kier molecular flexibility index (Phi) is 1.47. The van der Waals surface area contributed by atoms with E-state index in [0.29, 0.717) is 23.1 Å². The van der Waals surface area contributed by atoms with Crippen molar-refractivity contribution in [1.82, 2.24) is 0 Å². The van der Waals surface area contributed by atoms with Gasteiger partial charge in [-0.2, -0.15) is 0 Å². The third-order valence-corrected chi connectivity index (χ3v) is 7.27. The molecule has 0 radical (unpaired) electrons. The number of hydrogen-bond donors (Lipinski definition) is 0. The first kappa shape index (κ1) is 9.40. The van der Waals surface area contributed by atoms with E-state index in [4.69, 9.17) is 9.47 Å². The van der Waals surface area contributed by atoms with E-state index in [1.807, 2.05) is 11.8 Å². The van der Waals surface area contributed by atoms with Crippen LogP contribution in [0.3, 0.4) is 0 Å². The second-order valence-corrected chi connectivity index (χ2v) is 7.53. The van der Waals surface area contributed by atoms with Crippen LogP contribution in [-0.2, 0) is 9.47 Å². The van der Waals surface area contributed by atoms with Crippen molar-refractivity contribution in [2.24, 2.45) is 23.7 Å². The van der Waals surface area contributed by atoms with Gasteiger partial charge in [0.05, 0.1) is 12.2 Å². The Labute approximate surface area is 110 Å². The van der Waals surface area contributed by atoms with Crippen LogP contribution in [0.25, 0.3) is 0 Å². The Bertz CT molecular complexity index is 512. The Morgan fingerprint density at radius 2 is 1.44 bits per heavy atom. The van der Waals surface area contributed by atoms with Crippen molar-refractivity contribution in [3.05, 3.63) is 35.4 Å². The van der Waals surface area contributed by atoms with Crippen molar-refractivity contribution < 1.29 is 9.47 Å². The summed E-state index contributed by atoms with van der Waals surface area (Å²) >= 11 is 1.97. The molecule has 3 heteroatoms. The zero-order chi connectivity index (χ0) is 11.4. The van der Waals surface area contributed by atoms with E-state index in [1.54, 1.807) is 0 Å². The lowest BCUT2D eigenvalue weighted by Crippen LogP contribution is -2.29. The maximum absolute atomic E-state index is 6.39. The first-order valence-corrected chi connectivity index (χ1v) is 7.91. The van der Waals surface area contributed by atoms with Gasteiger partial charge < -0.3 is 9.47 Å². The first-order valence-electron chi connectivity index (χ1n) is 6.97. The third kappa shape index (κ3) is 0.833. The number of hydrogen-bond acceptors (Lipinski definition) is 3. The SMILES string of the molecule is c1ccc2c(c1)C1OC3SC4OC2C2C4CC3C12. The van der Waals surface area contributed by atoms with E-state index in [9.17, 15) is 0 Å². The van der Waals surface area contributed by atoms with E-state index in [2.05, 4.69) is 24.3 Å². The highest BCUT2D eigenvalue weighted by Gasteiger charge is 2.69. The minimum absolute atomic E-state index is 0.359. The largest absolute Gasteiger partial charge is 0.359 e. The molecule has 0 aromatic heterocycles. The lowest BCUT2D eigenvalue weighted by molar-refractivity contribution is 0.0165. The van der Waals surface area contributed by atoms with E-state index in [1.165, 1.54) is 17.5 Å². The summed E-state index contributed by atoms with van der Waals surface area (Å²) in [7, 11) is 0. The fourth-order valence-electron chi connectivity index (χ4n) is 5.30. The highest BCUT2D eigenvalue weighted by Crippen LogP contribution is 2.73. The minimum atomic E-state index is 0.359. The number of ether oxygens (including phenoxy) is 2. The van der Waals surface area contributed by atoms with Gasteiger partial charge >= 0.3 is 0 Å². The predicted octanol–water partition coefficient (Wildman–Crippen LogP) is 3.11. The number of fused-ring (bicyclic) bond motifs is 3. The predicted molar refractivity (Wildman–Crippen MR) is 67.8 cm³/mol. The molecule has 1 saturated carbocycles. The van der Waals surface area contributed by atoms with Crippen LogP contribution in [0.15, 0.2) is 24.3 Å². The number of benzene rings is 1. The second-order valence-electron chi connectivity index (χ2n) is 6.33. The van der Waals surface area contributed by atoms with Crippen LogP contribution >= 0.6 is 11.8 Å². The molecule has 6 rings (SSSR count). The van der Waals surface area contributed by atoms with E-state index < -0.39 is 0 Å². The van der Waals surface area contributed by atoms with Crippen LogP contribution in [0.2, 0.25) is 0 Å². The summed E-state index contributed by atoms with van der Waals surface area (Å²) in [5.41, 5.74) is 3.64. The molecule has 4 fully saturated rings. The monoisotopic (exact) mass is 258 g/mol. The zero-order valence-electron chi connectivity index (χ0n) is 9.86. The molecule has 2 nitrogen and oxygen atoms in total. The highest BCUT2D eigenvalue weighted by molar-refractivity contribution is 8.00. The van der Waals surface area contributed by atoms with Gasteiger partial charge in [0.2, 0.25) is 0 Å². The average Bonchev–Trinajstić information content (AvgIpc) is 3.04. The van der Waals surface area contributed by atoms with Crippen molar-refractivity contribution in [3.63, 3.8) is 0 Å². The number of thioether (sulfide) groups is 1. The van der Waals surface area contributed by atoms with Crippen LogP contribution in [0, 0.1) is 23.7 Å². The molecule has 0 N–H and O–H groups in total. The van der Waals surface area contributed by atoms with Crippen molar-refractivity contribution in [2.75, 3.05) is 0 Å². The molecule has 2 aliphatic carbocycles. The molecule has 0 spiro atoms. The third-order valence-electron chi connectivity index (χ3n) is 5.81. The van der Waals surface area contributed by atoms with Crippen molar-refractivity contribution >= 4 is 11.8 Å². The normalized spacial score (nSPS) is 57.1. The highest BCUT2D eigenvalue weighted by atomic mass is 32.2. The van der Waals surface area contributed by atoms with Gasteiger partial charge in [-0.3, -0.25) is 0 Å². The van der Waals surface area contributed by atoms with Gasteiger partial charge in [-0.05, 0) is 17.5 Å². The minimum Gasteiger partial charge on any atom is -0.359 e. The molecule has 3 heterocycles. The average molecular weight is 258 g/mol. The topological polar surface area (TPSA) is 18.5 Å². The molecule has 8 unspecified atom stereocenters. The maximum Gasteiger partial charge on any atom is 0.109 e. The lowest BCUT2D eigenvalue weighted by atomic mass is 9.72. The second kappa shape index (κ2) is 2.82. The van der Waals surface area contributed by atoms with Crippen molar-refractivity contribution in [3.8, 4) is 0 Å². The zero-order valence-corrected chi connectivity index (χ0v) is 10.7. The molecule has 2 bridgehead atoms. The summed E-state index contributed by atoms with van der Waals surface area (Å²) < 4.78 is 12.8. The summed E-state index contributed by atoms with van der Waals surface area (Å²) in [6.07, 6.45) is 2.06. The van der Waals surface area contributed by atoms with Crippen LogP contribution in [0.1, 0.15) is 29.8 Å². The summed E-state index contributed by atoms with van der Waals surface area (Å²) in [5, 5.41) is 0. The summed E-state index contributed by atoms with van der Waals surface area (Å²) in [5.74, 6) is 3.07. The fourth-order valence-corrected chi connectivity index (χ4v) is 6.92. The van der Waals surface area contributed by atoms with Gasteiger partial charge in [-0.25, -0.2) is 0 Å². The Morgan fingerprint density at radius 1 is 0.889 bits per heavy atom. The van der Waals surface area contributed by atoms with Gasteiger partial charge in [0.1, 0.15) is 10.9 Å². The van der Waals surface area contributed by atoms with Crippen LogP contribution in [0.4, 0.5) is 0 Å². The van der Waals surface area contributed by atoms with E-state index in [0.717, 1.165) is 23.7 Å². The van der Waals surface area contributed by atoms with Crippen LogP contribution < -0.4 is 0 Å².